The van der Waals surface area contributed by atoms with Crippen molar-refractivity contribution in [3.63, 3.8) is 0 Å². The molecule has 0 amide bonds. The maximum Gasteiger partial charge on any atom is -0.00159 e. The van der Waals surface area contributed by atoms with Crippen LogP contribution in [0.2, 0.25) is 0 Å². The molecule has 2 fully saturated rings. The van der Waals surface area contributed by atoms with Crippen molar-refractivity contribution in [3.05, 3.63) is 35.9 Å². The van der Waals surface area contributed by atoms with Gasteiger partial charge in [0.2, 0.25) is 0 Å². The molecule has 2 aliphatic carbocycles. The van der Waals surface area contributed by atoms with E-state index in [1.165, 1.54) is 12.8 Å². The summed E-state index contributed by atoms with van der Waals surface area (Å²) >= 11 is 0. The molecule has 2 saturated carbocycles. The Balaban J connectivity index is 2.02. The van der Waals surface area contributed by atoms with E-state index in [1.54, 1.807) is 5.56 Å². The first-order valence-corrected chi connectivity index (χ1v) is 5.22. The molecule has 0 aromatic heterocycles. The fraction of sp³-hybridized carbons (Fsp3) is 0.538. The fourth-order valence-corrected chi connectivity index (χ4v) is 3.27. The molecule has 0 radical (unpaired) electrons. The summed E-state index contributed by atoms with van der Waals surface area (Å²) in [6.07, 6.45) is 2.87. The SMILES string of the molecule is CC1(c2ccccc2)CC2CC21C. The molecule has 0 bridgehead atoms. The zero-order chi connectivity index (χ0) is 9.10. The molecule has 68 valence electrons. The van der Waals surface area contributed by atoms with E-state index in [9.17, 15) is 0 Å². The highest BCUT2D eigenvalue weighted by atomic mass is 14.7. The van der Waals surface area contributed by atoms with Gasteiger partial charge in [0.1, 0.15) is 0 Å². The molecular formula is C13H16. The average molecular weight is 172 g/mol. The predicted molar refractivity (Wildman–Crippen MR) is 54.6 cm³/mol. The van der Waals surface area contributed by atoms with Gasteiger partial charge in [-0.1, -0.05) is 44.2 Å². The van der Waals surface area contributed by atoms with Gasteiger partial charge < -0.3 is 0 Å². The number of hydrogen-bond donors (Lipinski definition) is 0. The highest BCUT2D eigenvalue weighted by molar-refractivity contribution is 5.38. The summed E-state index contributed by atoms with van der Waals surface area (Å²) < 4.78 is 0. The van der Waals surface area contributed by atoms with Crippen LogP contribution in [0.4, 0.5) is 0 Å². The summed E-state index contributed by atoms with van der Waals surface area (Å²) in [6.45, 7) is 4.89. The molecule has 2 aliphatic rings. The lowest BCUT2D eigenvalue weighted by atomic mass is 9.58. The standard InChI is InChI=1S/C13H16/c1-12(8-11-9-13(11,12)2)10-6-4-3-5-7-10/h3-7,11H,8-9H2,1-2H3. The second-order valence-corrected chi connectivity index (χ2v) is 5.22. The maximum atomic E-state index is 2.45. The average Bonchev–Trinajstić information content (AvgIpc) is 2.72. The van der Waals surface area contributed by atoms with Crippen molar-refractivity contribution in [3.8, 4) is 0 Å². The Bertz CT molecular complexity index is 340. The van der Waals surface area contributed by atoms with Crippen LogP contribution in [0, 0.1) is 11.3 Å². The number of rotatable bonds is 1. The lowest BCUT2D eigenvalue weighted by Gasteiger charge is -2.46. The highest BCUT2D eigenvalue weighted by Crippen LogP contribution is 2.77. The van der Waals surface area contributed by atoms with Crippen molar-refractivity contribution in [1.82, 2.24) is 0 Å². The van der Waals surface area contributed by atoms with Gasteiger partial charge in [-0.05, 0) is 35.2 Å². The van der Waals surface area contributed by atoms with Gasteiger partial charge in [-0.25, -0.2) is 0 Å². The summed E-state index contributed by atoms with van der Waals surface area (Å²) in [5.41, 5.74) is 2.68. The van der Waals surface area contributed by atoms with E-state index in [0.717, 1.165) is 5.92 Å². The van der Waals surface area contributed by atoms with Crippen LogP contribution in [0.15, 0.2) is 30.3 Å². The Morgan fingerprint density at radius 1 is 1.08 bits per heavy atom. The van der Waals surface area contributed by atoms with E-state index in [1.807, 2.05) is 0 Å². The third-order valence-corrected chi connectivity index (χ3v) is 4.74. The molecule has 3 atom stereocenters. The Kier molecular flexibility index (Phi) is 1.17. The molecule has 0 heteroatoms. The predicted octanol–water partition coefficient (Wildman–Crippen LogP) is 3.37. The van der Waals surface area contributed by atoms with E-state index in [-0.39, 0.29) is 0 Å². The van der Waals surface area contributed by atoms with Crippen molar-refractivity contribution in [1.29, 1.82) is 0 Å². The largest absolute Gasteiger partial charge is 0.0622 e. The smallest absolute Gasteiger partial charge is 0.00159 e. The molecular weight excluding hydrogens is 156 g/mol. The van der Waals surface area contributed by atoms with Crippen molar-refractivity contribution in [2.75, 3.05) is 0 Å². The van der Waals surface area contributed by atoms with Crippen LogP contribution in [0.5, 0.6) is 0 Å². The lowest BCUT2D eigenvalue weighted by Crippen LogP contribution is -2.41. The van der Waals surface area contributed by atoms with E-state index in [4.69, 9.17) is 0 Å². The summed E-state index contributed by atoms with van der Waals surface area (Å²) in [4.78, 5) is 0. The van der Waals surface area contributed by atoms with E-state index in [2.05, 4.69) is 44.2 Å². The van der Waals surface area contributed by atoms with Crippen LogP contribution in [0.1, 0.15) is 32.3 Å². The molecule has 0 aliphatic heterocycles. The third kappa shape index (κ3) is 0.727. The minimum absolute atomic E-state index is 0.485. The molecule has 1 aromatic carbocycles. The van der Waals surface area contributed by atoms with Crippen molar-refractivity contribution in [2.24, 2.45) is 11.3 Å². The third-order valence-electron chi connectivity index (χ3n) is 4.74. The van der Waals surface area contributed by atoms with Gasteiger partial charge in [-0.15, -0.1) is 0 Å². The van der Waals surface area contributed by atoms with Crippen LogP contribution in [-0.4, -0.2) is 0 Å². The van der Waals surface area contributed by atoms with Gasteiger partial charge in [-0.3, -0.25) is 0 Å². The Labute approximate surface area is 80.0 Å². The number of benzene rings is 1. The maximum absolute atomic E-state index is 2.45. The van der Waals surface area contributed by atoms with Crippen LogP contribution in [0.25, 0.3) is 0 Å². The van der Waals surface area contributed by atoms with E-state index >= 15 is 0 Å². The van der Waals surface area contributed by atoms with Gasteiger partial charge in [0, 0.05) is 0 Å². The highest BCUT2D eigenvalue weighted by Gasteiger charge is 2.71. The van der Waals surface area contributed by atoms with Gasteiger partial charge in [0.25, 0.3) is 0 Å². The van der Waals surface area contributed by atoms with Crippen LogP contribution >= 0.6 is 0 Å². The molecule has 0 saturated heterocycles. The molecule has 13 heavy (non-hydrogen) atoms. The Morgan fingerprint density at radius 3 is 2.23 bits per heavy atom. The number of hydrogen-bond acceptors (Lipinski definition) is 0. The molecule has 0 nitrogen and oxygen atoms in total. The van der Waals surface area contributed by atoms with Gasteiger partial charge in [-0.2, -0.15) is 0 Å². The number of fused-ring (bicyclic) bond motifs is 1. The van der Waals surface area contributed by atoms with E-state index < -0.39 is 0 Å². The lowest BCUT2D eigenvalue weighted by molar-refractivity contribution is 0.142. The summed E-state index contributed by atoms with van der Waals surface area (Å²) in [6, 6.07) is 11.0. The van der Waals surface area contributed by atoms with Gasteiger partial charge >= 0.3 is 0 Å². The second-order valence-electron chi connectivity index (χ2n) is 5.22. The summed E-state index contributed by atoms with van der Waals surface area (Å²) in [5.74, 6) is 1.04. The molecule has 1 aromatic rings. The van der Waals surface area contributed by atoms with E-state index in [0.29, 0.717) is 10.8 Å². The summed E-state index contributed by atoms with van der Waals surface area (Å²) in [5, 5.41) is 0. The Morgan fingerprint density at radius 2 is 1.77 bits per heavy atom. The van der Waals surface area contributed by atoms with Crippen molar-refractivity contribution < 1.29 is 0 Å². The minimum Gasteiger partial charge on any atom is -0.0622 e. The first kappa shape index (κ1) is 7.61. The molecule has 0 heterocycles. The normalized spacial score (nSPS) is 46.5. The zero-order valence-electron chi connectivity index (χ0n) is 8.38. The topological polar surface area (TPSA) is 0 Å². The summed E-state index contributed by atoms with van der Waals surface area (Å²) in [7, 11) is 0. The van der Waals surface area contributed by atoms with Gasteiger partial charge in [0.05, 0.1) is 0 Å². The molecule has 3 unspecified atom stereocenters. The van der Waals surface area contributed by atoms with Crippen molar-refractivity contribution >= 4 is 0 Å². The zero-order valence-corrected chi connectivity index (χ0v) is 8.38. The van der Waals surface area contributed by atoms with Crippen molar-refractivity contribution in [2.45, 2.75) is 32.1 Å². The fourth-order valence-electron chi connectivity index (χ4n) is 3.27. The quantitative estimate of drug-likeness (QED) is 0.609. The van der Waals surface area contributed by atoms with Crippen LogP contribution in [0.3, 0.4) is 0 Å². The van der Waals surface area contributed by atoms with Crippen LogP contribution in [-0.2, 0) is 5.41 Å². The van der Waals surface area contributed by atoms with Crippen LogP contribution < -0.4 is 0 Å². The monoisotopic (exact) mass is 172 g/mol. The second kappa shape index (κ2) is 2.00. The first-order valence-electron chi connectivity index (χ1n) is 5.22. The first-order chi connectivity index (χ1) is 6.17. The Hall–Kier alpha value is -0.780. The molecule has 0 spiro atoms. The molecule has 0 N–H and O–H groups in total. The van der Waals surface area contributed by atoms with Gasteiger partial charge in [0.15, 0.2) is 0 Å². The minimum atomic E-state index is 0.485. The molecule has 3 rings (SSSR count).